The van der Waals surface area contributed by atoms with E-state index in [0.29, 0.717) is 29.5 Å². The van der Waals surface area contributed by atoms with E-state index in [4.69, 9.17) is 4.98 Å². The Kier molecular flexibility index (Phi) is 4.84. The second kappa shape index (κ2) is 7.71. The molecule has 0 radical (unpaired) electrons. The first kappa shape index (κ1) is 20.1. The molecule has 32 heavy (non-hydrogen) atoms. The Balaban J connectivity index is 1.51. The van der Waals surface area contributed by atoms with Crippen molar-refractivity contribution in [3.63, 3.8) is 0 Å². The van der Waals surface area contributed by atoms with Crippen LogP contribution in [0.3, 0.4) is 0 Å². The highest BCUT2D eigenvalue weighted by atomic mass is 19.1. The van der Waals surface area contributed by atoms with Crippen LogP contribution in [0.2, 0.25) is 0 Å². The van der Waals surface area contributed by atoms with Crippen molar-refractivity contribution in [1.29, 1.82) is 0 Å². The van der Waals surface area contributed by atoms with E-state index in [2.05, 4.69) is 58.3 Å². The lowest BCUT2D eigenvalue weighted by Gasteiger charge is -2.17. The predicted octanol–water partition coefficient (Wildman–Crippen LogP) is 4.76. The van der Waals surface area contributed by atoms with Crippen LogP contribution in [0.15, 0.2) is 55.1 Å². The molecule has 4 heterocycles. The number of para-hydroxylation sites is 1. The molecule has 8 heteroatoms. The zero-order chi connectivity index (χ0) is 22.3. The SMILES string of the molecule is CC(C)(C)c1cnn2c(NCCc3c[nH]c4ccccc34)nc(-c3cncc(F)c3)nc12. The second-order valence-electron chi connectivity index (χ2n) is 8.84. The molecule has 5 aromatic rings. The molecule has 0 atom stereocenters. The van der Waals surface area contributed by atoms with E-state index < -0.39 is 5.82 Å². The topological polar surface area (TPSA) is 83.8 Å². The van der Waals surface area contributed by atoms with Gasteiger partial charge < -0.3 is 10.3 Å². The van der Waals surface area contributed by atoms with Crippen molar-refractivity contribution >= 4 is 22.5 Å². The summed E-state index contributed by atoms with van der Waals surface area (Å²) in [5.41, 5.74) is 4.40. The van der Waals surface area contributed by atoms with Crippen LogP contribution in [0.1, 0.15) is 31.9 Å². The fourth-order valence-corrected chi connectivity index (χ4v) is 3.83. The minimum atomic E-state index is -0.427. The molecule has 1 aromatic carbocycles. The third kappa shape index (κ3) is 3.68. The van der Waals surface area contributed by atoms with Gasteiger partial charge in [-0.3, -0.25) is 4.98 Å². The second-order valence-corrected chi connectivity index (χ2v) is 8.84. The van der Waals surface area contributed by atoms with Gasteiger partial charge in [0.1, 0.15) is 5.82 Å². The lowest BCUT2D eigenvalue weighted by atomic mass is 9.89. The van der Waals surface area contributed by atoms with Gasteiger partial charge in [0.25, 0.3) is 0 Å². The molecule has 0 saturated carbocycles. The van der Waals surface area contributed by atoms with E-state index in [0.717, 1.165) is 17.5 Å². The van der Waals surface area contributed by atoms with E-state index in [-0.39, 0.29) is 5.41 Å². The summed E-state index contributed by atoms with van der Waals surface area (Å²) in [5, 5.41) is 9.15. The molecule has 0 unspecified atom stereocenters. The van der Waals surface area contributed by atoms with Crippen LogP contribution < -0.4 is 5.32 Å². The zero-order valence-corrected chi connectivity index (χ0v) is 18.2. The van der Waals surface area contributed by atoms with Crippen LogP contribution in [0.25, 0.3) is 27.9 Å². The molecule has 5 rings (SSSR count). The Morgan fingerprint density at radius 2 is 1.94 bits per heavy atom. The number of hydrogen-bond donors (Lipinski definition) is 2. The average Bonchev–Trinajstić information content (AvgIpc) is 3.38. The molecule has 0 aliphatic carbocycles. The number of benzene rings is 1. The number of H-pyrrole nitrogens is 1. The number of nitrogens with zero attached hydrogens (tertiary/aromatic N) is 5. The molecular weight excluding hydrogens is 405 g/mol. The first-order valence-electron chi connectivity index (χ1n) is 10.6. The van der Waals surface area contributed by atoms with Gasteiger partial charge in [-0.1, -0.05) is 39.0 Å². The molecule has 0 amide bonds. The molecule has 0 spiro atoms. The van der Waals surface area contributed by atoms with Gasteiger partial charge in [-0.25, -0.2) is 9.37 Å². The van der Waals surface area contributed by atoms with Crippen molar-refractivity contribution in [3.8, 4) is 11.4 Å². The zero-order valence-electron chi connectivity index (χ0n) is 18.2. The van der Waals surface area contributed by atoms with Gasteiger partial charge in [-0.15, -0.1) is 0 Å². The normalized spacial score (nSPS) is 12.0. The Bertz CT molecular complexity index is 1410. The molecular formula is C24H24FN7. The molecule has 0 saturated heterocycles. The number of rotatable bonds is 5. The number of pyridine rings is 1. The van der Waals surface area contributed by atoms with Gasteiger partial charge >= 0.3 is 0 Å². The molecule has 2 N–H and O–H groups in total. The minimum absolute atomic E-state index is 0.158. The molecule has 7 nitrogen and oxygen atoms in total. The number of hydrogen-bond acceptors (Lipinski definition) is 5. The summed E-state index contributed by atoms with van der Waals surface area (Å²) >= 11 is 0. The maximum atomic E-state index is 13.8. The van der Waals surface area contributed by atoms with Crippen LogP contribution >= 0.6 is 0 Å². The Hall–Kier alpha value is -3.81. The molecule has 0 aliphatic rings. The summed E-state index contributed by atoms with van der Waals surface area (Å²) in [6.07, 6.45) is 7.40. The van der Waals surface area contributed by atoms with E-state index in [1.165, 1.54) is 23.2 Å². The van der Waals surface area contributed by atoms with Gasteiger partial charge in [0.15, 0.2) is 11.5 Å². The van der Waals surface area contributed by atoms with Crippen LogP contribution in [0.4, 0.5) is 10.3 Å². The van der Waals surface area contributed by atoms with Gasteiger partial charge in [-0.2, -0.15) is 14.6 Å². The van der Waals surface area contributed by atoms with Crippen molar-refractivity contribution in [1.82, 2.24) is 29.5 Å². The van der Waals surface area contributed by atoms with Gasteiger partial charge in [0.05, 0.1) is 12.4 Å². The number of aromatic amines is 1. The van der Waals surface area contributed by atoms with E-state index >= 15 is 0 Å². The van der Waals surface area contributed by atoms with E-state index in [1.54, 1.807) is 10.7 Å². The molecule has 0 aliphatic heterocycles. The lowest BCUT2D eigenvalue weighted by molar-refractivity contribution is 0.594. The Morgan fingerprint density at radius 3 is 2.75 bits per heavy atom. The Labute approximate surface area is 184 Å². The average molecular weight is 430 g/mol. The minimum Gasteiger partial charge on any atom is -0.361 e. The first-order chi connectivity index (χ1) is 15.4. The third-order valence-corrected chi connectivity index (χ3v) is 5.49. The molecule has 0 fully saturated rings. The van der Waals surface area contributed by atoms with Crippen molar-refractivity contribution in [2.45, 2.75) is 32.6 Å². The number of anilines is 1. The molecule has 4 aromatic heterocycles. The predicted molar refractivity (Wildman–Crippen MR) is 123 cm³/mol. The van der Waals surface area contributed by atoms with E-state index in [9.17, 15) is 4.39 Å². The summed E-state index contributed by atoms with van der Waals surface area (Å²) in [6, 6.07) is 9.63. The van der Waals surface area contributed by atoms with Crippen molar-refractivity contribution in [2.75, 3.05) is 11.9 Å². The van der Waals surface area contributed by atoms with Gasteiger partial charge in [0.2, 0.25) is 5.95 Å². The van der Waals surface area contributed by atoms with Crippen molar-refractivity contribution < 1.29 is 4.39 Å². The quantitative estimate of drug-likeness (QED) is 0.421. The number of fused-ring (bicyclic) bond motifs is 2. The summed E-state index contributed by atoms with van der Waals surface area (Å²) in [4.78, 5) is 16.6. The van der Waals surface area contributed by atoms with Crippen LogP contribution in [-0.4, -0.2) is 36.1 Å². The molecule has 0 bridgehead atoms. The highest BCUT2D eigenvalue weighted by Crippen LogP contribution is 2.28. The van der Waals surface area contributed by atoms with Crippen LogP contribution in [-0.2, 0) is 11.8 Å². The molecule has 162 valence electrons. The summed E-state index contributed by atoms with van der Waals surface area (Å²) in [7, 11) is 0. The standard InChI is InChI=1S/C24H24FN7/c1-24(2,3)19-14-29-32-22(19)30-21(16-10-17(25)13-26-11-16)31-23(32)27-9-8-15-12-28-20-7-5-4-6-18(15)20/h4-7,10-14,28H,8-9H2,1-3H3,(H,27,30,31). The van der Waals surface area contributed by atoms with Crippen molar-refractivity contribution in [3.05, 3.63) is 72.1 Å². The van der Waals surface area contributed by atoms with Crippen LogP contribution in [0.5, 0.6) is 0 Å². The lowest BCUT2D eigenvalue weighted by Crippen LogP contribution is -2.15. The third-order valence-electron chi connectivity index (χ3n) is 5.49. The fourth-order valence-electron chi connectivity index (χ4n) is 3.83. The van der Waals surface area contributed by atoms with E-state index in [1.807, 2.05) is 24.5 Å². The summed E-state index contributed by atoms with van der Waals surface area (Å²) < 4.78 is 15.5. The van der Waals surface area contributed by atoms with Gasteiger partial charge in [0, 0.05) is 41.0 Å². The maximum Gasteiger partial charge on any atom is 0.227 e. The highest BCUT2D eigenvalue weighted by Gasteiger charge is 2.23. The Morgan fingerprint density at radius 1 is 1.09 bits per heavy atom. The smallest absolute Gasteiger partial charge is 0.227 e. The summed E-state index contributed by atoms with van der Waals surface area (Å²) in [5.74, 6) is 0.541. The highest BCUT2D eigenvalue weighted by molar-refractivity contribution is 5.83. The number of halogens is 1. The number of nitrogens with one attached hydrogen (secondary N) is 2. The van der Waals surface area contributed by atoms with Gasteiger partial charge in [-0.05, 0) is 29.5 Å². The van der Waals surface area contributed by atoms with Crippen molar-refractivity contribution in [2.24, 2.45) is 0 Å². The number of aromatic nitrogens is 6. The first-order valence-corrected chi connectivity index (χ1v) is 10.6. The van der Waals surface area contributed by atoms with Crippen LogP contribution in [0, 0.1) is 5.82 Å². The largest absolute Gasteiger partial charge is 0.361 e. The maximum absolute atomic E-state index is 13.8. The fraction of sp³-hybridized carbons (Fsp3) is 0.250. The monoisotopic (exact) mass is 429 g/mol. The summed E-state index contributed by atoms with van der Waals surface area (Å²) in [6.45, 7) is 6.98.